The fourth-order valence-electron chi connectivity index (χ4n) is 2.07. The van der Waals surface area contributed by atoms with Crippen molar-refractivity contribution in [3.8, 4) is 0 Å². The van der Waals surface area contributed by atoms with Crippen molar-refractivity contribution < 1.29 is 8.78 Å². The summed E-state index contributed by atoms with van der Waals surface area (Å²) in [5.74, 6) is -0.164. The van der Waals surface area contributed by atoms with Crippen LogP contribution in [-0.2, 0) is 6.42 Å². The number of halogens is 2. The number of benzene rings is 1. The zero-order valence-corrected chi connectivity index (χ0v) is 9.47. The standard InChI is InChI=1S/C13H17F2N/c1-16-13(6-9-2-3-9)7-10-4-11(14)8-12(15)5-10/h4-5,8-9,13,16H,2-3,6-7H2,1H3. The lowest BCUT2D eigenvalue weighted by molar-refractivity contribution is 0.487. The molecule has 16 heavy (non-hydrogen) atoms. The van der Waals surface area contributed by atoms with E-state index in [1.54, 1.807) is 0 Å². The van der Waals surface area contributed by atoms with E-state index in [0.717, 1.165) is 24.0 Å². The molecule has 88 valence electrons. The highest BCUT2D eigenvalue weighted by Gasteiger charge is 2.24. The van der Waals surface area contributed by atoms with Gasteiger partial charge in [0, 0.05) is 12.1 Å². The van der Waals surface area contributed by atoms with Crippen molar-refractivity contribution >= 4 is 0 Å². The van der Waals surface area contributed by atoms with Crippen LogP contribution in [0.1, 0.15) is 24.8 Å². The number of hydrogen-bond acceptors (Lipinski definition) is 1. The van der Waals surface area contributed by atoms with E-state index in [1.165, 1.54) is 25.0 Å². The Labute approximate surface area is 94.9 Å². The molecule has 0 radical (unpaired) electrons. The summed E-state index contributed by atoms with van der Waals surface area (Å²) in [6.45, 7) is 0. The van der Waals surface area contributed by atoms with Crippen molar-refractivity contribution in [2.75, 3.05) is 7.05 Å². The van der Waals surface area contributed by atoms with Gasteiger partial charge in [-0.25, -0.2) is 8.78 Å². The molecule has 0 bridgehead atoms. The maximum absolute atomic E-state index is 13.0. The zero-order chi connectivity index (χ0) is 11.5. The summed E-state index contributed by atoms with van der Waals surface area (Å²) in [6, 6.07) is 4.08. The Kier molecular flexibility index (Phi) is 3.54. The first kappa shape index (κ1) is 11.5. The minimum atomic E-state index is -0.490. The Morgan fingerprint density at radius 3 is 2.38 bits per heavy atom. The van der Waals surface area contributed by atoms with Crippen LogP contribution in [0.15, 0.2) is 18.2 Å². The Balaban J connectivity index is 1.99. The van der Waals surface area contributed by atoms with Gasteiger partial charge in [-0.2, -0.15) is 0 Å². The normalized spacial score (nSPS) is 17.4. The van der Waals surface area contributed by atoms with E-state index in [-0.39, 0.29) is 0 Å². The fraction of sp³-hybridized carbons (Fsp3) is 0.538. The van der Waals surface area contributed by atoms with Crippen molar-refractivity contribution in [1.29, 1.82) is 0 Å². The van der Waals surface area contributed by atoms with Gasteiger partial charge < -0.3 is 5.32 Å². The molecule has 1 nitrogen and oxygen atoms in total. The summed E-state index contributed by atoms with van der Waals surface area (Å²) in [5, 5.41) is 3.22. The van der Waals surface area contributed by atoms with Gasteiger partial charge in [-0.05, 0) is 43.5 Å². The van der Waals surface area contributed by atoms with E-state index < -0.39 is 11.6 Å². The van der Waals surface area contributed by atoms with Gasteiger partial charge in [0.1, 0.15) is 11.6 Å². The monoisotopic (exact) mass is 225 g/mol. The summed E-state index contributed by atoms with van der Waals surface area (Å²) in [5.41, 5.74) is 0.734. The molecule has 0 heterocycles. The molecule has 1 N–H and O–H groups in total. The maximum Gasteiger partial charge on any atom is 0.126 e. The molecule has 0 spiro atoms. The lowest BCUT2D eigenvalue weighted by Gasteiger charge is -2.15. The van der Waals surface area contributed by atoms with Crippen LogP contribution in [0.25, 0.3) is 0 Å². The predicted molar refractivity (Wildman–Crippen MR) is 60.3 cm³/mol. The van der Waals surface area contributed by atoms with Crippen molar-refractivity contribution in [2.45, 2.75) is 31.7 Å². The van der Waals surface area contributed by atoms with Gasteiger partial charge in [-0.15, -0.1) is 0 Å². The first-order valence-electron chi connectivity index (χ1n) is 5.79. The van der Waals surface area contributed by atoms with Crippen LogP contribution in [0.2, 0.25) is 0 Å². The average Bonchev–Trinajstić information content (AvgIpc) is 2.99. The van der Waals surface area contributed by atoms with Gasteiger partial charge in [0.2, 0.25) is 0 Å². The molecular weight excluding hydrogens is 208 g/mol. The second-order valence-electron chi connectivity index (χ2n) is 4.65. The van der Waals surface area contributed by atoms with E-state index in [9.17, 15) is 8.78 Å². The molecule has 1 atom stereocenters. The van der Waals surface area contributed by atoms with Crippen LogP contribution >= 0.6 is 0 Å². The second kappa shape index (κ2) is 4.91. The lowest BCUT2D eigenvalue weighted by atomic mass is 10.0. The van der Waals surface area contributed by atoms with Crippen molar-refractivity contribution in [1.82, 2.24) is 5.32 Å². The molecule has 0 amide bonds. The molecule has 1 unspecified atom stereocenters. The Hall–Kier alpha value is -0.960. The quantitative estimate of drug-likeness (QED) is 0.812. The van der Waals surface area contributed by atoms with Crippen LogP contribution in [0.3, 0.4) is 0 Å². The topological polar surface area (TPSA) is 12.0 Å². The second-order valence-corrected chi connectivity index (χ2v) is 4.65. The molecule has 1 fully saturated rings. The van der Waals surface area contributed by atoms with Gasteiger partial charge in [0.15, 0.2) is 0 Å². The summed E-state index contributed by atoms with van der Waals surface area (Å²) in [7, 11) is 1.91. The van der Waals surface area contributed by atoms with Gasteiger partial charge >= 0.3 is 0 Å². The molecule has 0 aromatic heterocycles. The first-order valence-corrected chi connectivity index (χ1v) is 5.79. The van der Waals surface area contributed by atoms with Crippen LogP contribution in [-0.4, -0.2) is 13.1 Å². The molecule has 2 rings (SSSR count). The summed E-state index contributed by atoms with van der Waals surface area (Å²) in [6.07, 6.45) is 4.40. The minimum Gasteiger partial charge on any atom is -0.317 e. The van der Waals surface area contributed by atoms with Gasteiger partial charge in [-0.3, -0.25) is 0 Å². The Morgan fingerprint density at radius 1 is 1.25 bits per heavy atom. The Morgan fingerprint density at radius 2 is 1.88 bits per heavy atom. The minimum absolute atomic E-state index is 0.327. The van der Waals surface area contributed by atoms with Crippen LogP contribution in [0, 0.1) is 17.6 Å². The smallest absolute Gasteiger partial charge is 0.126 e. The molecule has 3 heteroatoms. The summed E-state index contributed by atoms with van der Waals surface area (Å²) >= 11 is 0. The maximum atomic E-state index is 13.0. The first-order chi connectivity index (χ1) is 7.67. The Bertz CT molecular complexity index is 341. The largest absolute Gasteiger partial charge is 0.317 e. The average molecular weight is 225 g/mol. The summed E-state index contributed by atoms with van der Waals surface area (Å²) < 4.78 is 26.0. The van der Waals surface area contributed by atoms with E-state index in [4.69, 9.17) is 0 Å². The van der Waals surface area contributed by atoms with Gasteiger partial charge in [-0.1, -0.05) is 12.8 Å². The van der Waals surface area contributed by atoms with E-state index in [0.29, 0.717) is 12.5 Å². The molecular formula is C13H17F2N. The number of likely N-dealkylation sites (N-methyl/N-ethyl adjacent to an activating group) is 1. The predicted octanol–water partition coefficient (Wildman–Crippen LogP) is 2.90. The molecule has 1 aliphatic carbocycles. The molecule has 1 aromatic carbocycles. The third-order valence-corrected chi connectivity index (χ3v) is 3.13. The third kappa shape index (κ3) is 3.27. The van der Waals surface area contributed by atoms with Crippen LogP contribution in [0.4, 0.5) is 8.78 Å². The van der Waals surface area contributed by atoms with Gasteiger partial charge in [0.25, 0.3) is 0 Å². The van der Waals surface area contributed by atoms with Crippen LogP contribution < -0.4 is 5.32 Å². The van der Waals surface area contributed by atoms with E-state index in [1.807, 2.05) is 7.05 Å². The fourth-order valence-corrected chi connectivity index (χ4v) is 2.07. The third-order valence-electron chi connectivity index (χ3n) is 3.13. The van der Waals surface area contributed by atoms with E-state index in [2.05, 4.69) is 5.32 Å². The summed E-state index contributed by atoms with van der Waals surface area (Å²) in [4.78, 5) is 0. The van der Waals surface area contributed by atoms with E-state index >= 15 is 0 Å². The van der Waals surface area contributed by atoms with Gasteiger partial charge in [0.05, 0.1) is 0 Å². The number of hydrogen-bond donors (Lipinski definition) is 1. The highest BCUT2D eigenvalue weighted by molar-refractivity contribution is 5.19. The molecule has 0 aliphatic heterocycles. The van der Waals surface area contributed by atoms with Crippen LogP contribution in [0.5, 0.6) is 0 Å². The van der Waals surface area contributed by atoms with Crippen molar-refractivity contribution in [2.24, 2.45) is 5.92 Å². The lowest BCUT2D eigenvalue weighted by Crippen LogP contribution is -2.28. The SMILES string of the molecule is CNC(Cc1cc(F)cc(F)c1)CC1CC1. The highest BCUT2D eigenvalue weighted by atomic mass is 19.1. The zero-order valence-electron chi connectivity index (χ0n) is 9.47. The molecule has 1 aromatic rings. The highest BCUT2D eigenvalue weighted by Crippen LogP contribution is 2.34. The molecule has 1 aliphatic rings. The number of rotatable bonds is 5. The number of nitrogens with one attached hydrogen (secondary N) is 1. The molecule has 1 saturated carbocycles. The van der Waals surface area contributed by atoms with Crippen molar-refractivity contribution in [3.05, 3.63) is 35.4 Å². The van der Waals surface area contributed by atoms with Crippen molar-refractivity contribution in [3.63, 3.8) is 0 Å². The molecule has 0 saturated heterocycles.